The van der Waals surface area contributed by atoms with Crippen molar-refractivity contribution in [1.82, 2.24) is 5.32 Å². The van der Waals surface area contributed by atoms with Crippen LogP contribution in [-0.4, -0.2) is 46.3 Å². The van der Waals surface area contributed by atoms with Gasteiger partial charge in [-0.25, -0.2) is 8.42 Å². The Morgan fingerprint density at radius 3 is 2.30 bits per heavy atom. The summed E-state index contributed by atoms with van der Waals surface area (Å²) < 4.78 is 26.0. The molecular formula is C20H33N3O3S. The third-order valence-corrected chi connectivity index (χ3v) is 6.36. The van der Waals surface area contributed by atoms with E-state index in [1.807, 2.05) is 19.1 Å². The van der Waals surface area contributed by atoms with Gasteiger partial charge >= 0.3 is 0 Å². The predicted octanol–water partition coefficient (Wildman–Crippen LogP) is 3.06. The highest BCUT2D eigenvalue weighted by Gasteiger charge is 2.24. The van der Waals surface area contributed by atoms with Crippen molar-refractivity contribution < 1.29 is 13.2 Å². The van der Waals surface area contributed by atoms with Crippen LogP contribution in [0.3, 0.4) is 0 Å². The lowest BCUT2D eigenvalue weighted by molar-refractivity contribution is -0.120. The number of sulfonamides is 1. The Bertz CT molecular complexity index is 739. The number of hydrogen-bond acceptors (Lipinski definition) is 4. The number of nitrogens with zero attached hydrogens (tertiary/aromatic N) is 2. The minimum Gasteiger partial charge on any atom is -0.372 e. The summed E-state index contributed by atoms with van der Waals surface area (Å²) in [6.07, 6.45) is 6.54. The van der Waals surface area contributed by atoms with E-state index in [-0.39, 0.29) is 18.5 Å². The van der Waals surface area contributed by atoms with Crippen molar-refractivity contribution >= 4 is 27.3 Å². The van der Waals surface area contributed by atoms with Crippen molar-refractivity contribution in [3.8, 4) is 0 Å². The summed E-state index contributed by atoms with van der Waals surface area (Å²) in [6, 6.07) is 5.88. The summed E-state index contributed by atoms with van der Waals surface area (Å²) in [5.74, 6) is -0.237. The molecule has 6 nitrogen and oxygen atoms in total. The molecule has 1 aliphatic carbocycles. The van der Waals surface area contributed by atoms with Gasteiger partial charge in [-0.15, -0.1) is 0 Å². The molecule has 27 heavy (non-hydrogen) atoms. The van der Waals surface area contributed by atoms with Crippen LogP contribution in [0, 0.1) is 6.92 Å². The van der Waals surface area contributed by atoms with Gasteiger partial charge in [-0.05, 0) is 57.4 Å². The Morgan fingerprint density at radius 2 is 1.78 bits per heavy atom. The van der Waals surface area contributed by atoms with Crippen molar-refractivity contribution in [2.75, 3.05) is 35.1 Å². The lowest BCUT2D eigenvalue weighted by Crippen LogP contribution is -2.44. The van der Waals surface area contributed by atoms with E-state index in [9.17, 15) is 13.2 Å². The third kappa shape index (κ3) is 5.86. The molecular weight excluding hydrogens is 362 g/mol. The number of carbonyl (C=O) groups excluding carboxylic acids is 1. The van der Waals surface area contributed by atoms with Crippen LogP contribution in [0.4, 0.5) is 11.4 Å². The Hall–Kier alpha value is -1.76. The van der Waals surface area contributed by atoms with E-state index in [1.54, 1.807) is 6.07 Å². The van der Waals surface area contributed by atoms with E-state index in [2.05, 4.69) is 24.1 Å². The molecule has 0 atom stereocenters. The maximum atomic E-state index is 12.5. The third-order valence-electron chi connectivity index (χ3n) is 5.24. The van der Waals surface area contributed by atoms with Crippen LogP contribution in [0.25, 0.3) is 0 Å². The summed E-state index contributed by atoms with van der Waals surface area (Å²) >= 11 is 0. The monoisotopic (exact) mass is 395 g/mol. The molecule has 2 rings (SSSR count). The molecule has 1 aromatic rings. The zero-order chi connectivity index (χ0) is 20.0. The number of hydrogen-bond donors (Lipinski definition) is 1. The number of anilines is 2. The smallest absolute Gasteiger partial charge is 0.240 e. The van der Waals surface area contributed by atoms with Crippen molar-refractivity contribution in [3.05, 3.63) is 23.8 Å². The highest BCUT2D eigenvalue weighted by Crippen LogP contribution is 2.27. The Morgan fingerprint density at radius 1 is 1.15 bits per heavy atom. The van der Waals surface area contributed by atoms with Crippen molar-refractivity contribution in [3.63, 3.8) is 0 Å². The van der Waals surface area contributed by atoms with Gasteiger partial charge in [0, 0.05) is 24.8 Å². The van der Waals surface area contributed by atoms with Crippen molar-refractivity contribution in [2.24, 2.45) is 0 Å². The van der Waals surface area contributed by atoms with E-state index in [1.165, 1.54) is 10.7 Å². The molecule has 1 N–H and O–H groups in total. The molecule has 1 aliphatic rings. The van der Waals surface area contributed by atoms with Gasteiger partial charge in [0.15, 0.2) is 0 Å². The summed E-state index contributed by atoms with van der Waals surface area (Å²) in [7, 11) is -3.56. The van der Waals surface area contributed by atoms with E-state index in [0.717, 1.165) is 56.3 Å². The molecule has 0 aromatic heterocycles. The van der Waals surface area contributed by atoms with Gasteiger partial charge in [-0.2, -0.15) is 0 Å². The first-order valence-electron chi connectivity index (χ1n) is 9.89. The van der Waals surface area contributed by atoms with Gasteiger partial charge in [-0.3, -0.25) is 9.10 Å². The fourth-order valence-electron chi connectivity index (χ4n) is 3.74. The van der Waals surface area contributed by atoms with Gasteiger partial charge in [0.05, 0.1) is 11.9 Å². The van der Waals surface area contributed by atoms with E-state index >= 15 is 0 Å². The number of rotatable bonds is 8. The van der Waals surface area contributed by atoms with Gasteiger partial charge in [0.1, 0.15) is 6.54 Å². The maximum absolute atomic E-state index is 12.5. The first-order chi connectivity index (χ1) is 12.8. The summed E-state index contributed by atoms with van der Waals surface area (Å²) in [5.41, 5.74) is 2.46. The van der Waals surface area contributed by atoms with Crippen molar-refractivity contribution in [2.45, 2.75) is 58.9 Å². The number of amides is 1. The molecule has 0 unspecified atom stereocenters. The molecule has 1 fully saturated rings. The molecule has 1 amide bonds. The second-order valence-corrected chi connectivity index (χ2v) is 9.22. The lowest BCUT2D eigenvalue weighted by Gasteiger charge is -2.28. The van der Waals surface area contributed by atoms with E-state index < -0.39 is 10.0 Å². The van der Waals surface area contributed by atoms with Gasteiger partial charge in [0.2, 0.25) is 15.9 Å². The first-order valence-corrected chi connectivity index (χ1v) is 11.7. The van der Waals surface area contributed by atoms with Crippen molar-refractivity contribution in [1.29, 1.82) is 0 Å². The zero-order valence-corrected chi connectivity index (χ0v) is 17.8. The highest BCUT2D eigenvalue weighted by atomic mass is 32.2. The Labute approximate surface area is 164 Å². The zero-order valence-electron chi connectivity index (χ0n) is 17.0. The Balaban J connectivity index is 2.19. The van der Waals surface area contributed by atoms with Gasteiger partial charge in [-0.1, -0.05) is 19.3 Å². The van der Waals surface area contributed by atoms with Crippen LogP contribution in [0.5, 0.6) is 0 Å². The minimum atomic E-state index is -3.56. The summed E-state index contributed by atoms with van der Waals surface area (Å²) in [6.45, 7) is 7.65. The molecule has 0 bridgehead atoms. The highest BCUT2D eigenvalue weighted by molar-refractivity contribution is 7.92. The van der Waals surface area contributed by atoms with Gasteiger partial charge in [0.25, 0.3) is 0 Å². The second-order valence-electron chi connectivity index (χ2n) is 7.32. The molecule has 152 valence electrons. The summed E-state index contributed by atoms with van der Waals surface area (Å²) in [5, 5.41) is 3.01. The maximum Gasteiger partial charge on any atom is 0.240 e. The average molecular weight is 396 g/mol. The van der Waals surface area contributed by atoms with Crippen LogP contribution in [0.1, 0.15) is 51.5 Å². The molecule has 0 saturated heterocycles. The fourth-order valence-corrected chi connectivity index (χ4v) is 4.65. The number of nitrogens with one attached hydrogen (secondary N) is 1. The Kier molecular flexibility index (Phi) is 7.53. The minimum absolute atomic E-state index is 0.166. The molecule has 0 heterocycles. The first kappa shape index (κ1) is 21.5. The molecule has 0 radical (unpaired) electrons. The van der Waals surface area contributed by atoms with Crippen LogP contribution in [0.2, 0.25) is 0 Å². The van der Waals surface area contributed by atoms with Crippen LogP contribution >= 0.6 is 0 Å². The molecule has 1 saturated carbocycles. The number of aryl methyl sites for hydroxylation is 1. The SMILES string of the molecule is CCN(CC)c1ccc(N(CC(=O)NC2CCCCC2)S(C)(=O)=O)c(C)c1. The molecule has 1 aromatic carbocycles. The summed E-state index contributed by atoms with van der Waals surface area (Å²) in [4.78, 5) is 14.7. The van der Waals surface area contributed by atoms with Crippen LogP contribution in [-0.2, 0) is 14.8 Å². The van der Waals surface area contributed by atoms with Crippen LogP contribution in [0.15, 0.2) is 18.2 Å². The van der Waals surface area contributed by atoms with E-state index in [4.69, 9.17) is 0 Å². The normalized spacial score (nSPS) is 15.4. The van der Waals surface area contributed by atoms with E-state index in [0.29, 0.717) is 5.69 Å². The quantitative estimate of drug-likeness (QED) is 0.734. The van der Waals surface area contributed by atoms with Crippen LogP contribution < -0.4 is 14.5 Å². The number of carbonyl (C=O) groups is 1. The molecule has 7 heteroatoms. The molecule has 0 spiro atoms. The fraction of sp³-hybridized carbons (Fsp3) is 0.650. The average Bonchev–Trinajstić information content (AvgIpc) is 2.61. The molecule has 0 aliphatic heterocycles. The second kappa shape index (κ2) is 9.44. The van der Waals surface area contributed by atoms with Gasteiger partial charge < -0.3 is 10.2 Å². The standard InChI is InChI=1S/C20H33N3O3S/c1-5-22(6-2)18-12-13-19(16(3)14-18)23(27(4,25)26)15-20(24)21-17-10-8-7-9-11-17/h12-14,17H,5-11,15H2,1-4H3,(H,21,24). The lowest BCUT2D eigenvalue weighted by atomic mass is 9.95. The topological polar surface area (TPSA) is 69.7 Å². The number of benzene rings is 1. The largest absolute Gasteiger partial charge is 0.372 e. The predicted molar refractivity (Wildman–Crippen MR) is 112 cm³/mol.